The van der Waals surface area contributed by atoms with Crippen LogP contribution in [0.5, 0.6) is 0 Å². The summed E-state index contributed by atoms with van der Waals surface area (Å²) in [5.41, 5.74) is 4.23. The van der Waals surface area contributed by atoms with Crippen molar-refractivity contribution >= 4 is 33.7 Å². The van der Waals surface area contributed by atoms with Gasteiger partial charge in [0.1, 0.15) is 16.9 Å². The highest BCUT2D eigenvalue weighted by atomic mass is 32.1. The molecule has 4 rings (SSSR count). The zero-order chi connectivity index (χ0) is 13.7. The van der Waals surface area contributed by atoms with Crippen molar-refractivity contribution in [3.63, 3.8) is 0 Å². The van der Waals surface area contributed by atoms with Crippen LogP contribution in [-0.4, -0.2) is 25.9 Å². The van der Waals surface area contributed by atoms with Crippen LogP contribution in [0, 0.1) is 0 Å². The van der Waals surface area contributed by atoms with E-state index >= 15 is 0 Å². The summed E-state index contributed by atoms with van der Waals surface area (Å²) in [4.78, 5) is 30.0. The number of oxazole rings is 1. The van der Waals surface area contributed by atoms with Crippen molar-refractivity contribution in [2.45, 2.75) is 0 Å². The quantitative estimate of drug-likeness (QED) is 0.566. The molecule has 0 saturated heterocycles. The van der Waals surface area contributed by atoms with Gasteiger partial charge in [0.2, 0.25) is 4.96 Å². The number of nitrogens with zero attached hydrogens (tertiary/aromatic N) is 3. The van der Waals surface area contributed by atoms with Crippen molar-refractivity contribution in [1.82, 2.24) is 19.6 Å². The number of benzene rings is 1. The average molecular weight is 286 g/mol. The molecule has 0 unspecified atom stereocenters. The Morgan fingerprint density at radius 2 is 2.30 bits per heavy atom. The van der Waals surface area contributed by atoms with E-state index < -0.39 is 5.76 Å². The van der Waals surface area contributed by atoms with E-state index in [0.717, 1.165) is 0 Å². The third-order valence-electron chi connectivity index (χ3n) is 2.99. The van der Waals surface area contributed by atoms with E-state index in [1.165, 1.54) is 15.9 Å². The number of hydrogen-bond acceptors (Lipinski definition) is 6. The van der Waals surface area contributed by atoms with Crippen LogP contribution < -0.4 is 5.76 Å². The highest BCUT2D eigenvalue weighted by Crippen LogP contribution is 2.26. The molecule has 0 aliphatic carbocycles. The monoisotopic (exact) mass is 286 g/mol. The zero-order valence-electron chi connectivity index (χ0n) is 9.86. The van der Waals surface area contributed by atoms with E-state index in [0.29, 0.717) is 39.3 Å². The van der Waals surface area contributed by atoms with Gasteiger partial charge in [-0.15, -0.1) is 0 Å². The smallest absolute Gasteiger partial charge is 0.408 e. The molecule has 0 atom stereocenters. The fourth-order valence-corrected chi connectivity index (χ4v) is 2.75. The van der Waals surface area contributed by atoms with Crippen LogP contribution in [0.4, 0.5) is 0 Å². The van der Waals surface area contributed by atoms with Gasteiger partial charge in [-0.25, -0.2) is 9.78 Å². The van der Waals surface area contributed by atoms with Gasteiger partial charge in [0, 0.05) is 5.56 Å². The van der Waals surface area contributed by atoms with Gasteiger partial charge in [0.05, 0.1) is 5.52 Å². The summed E-state index contributed by atoms with van der Waals surface area (Å²) >= 11 is 1.34. The summed E-state index contributed by atoms with van der Waals surface area (Å²) in [5.74, 6) is -0.514. The third kappa shape index (κ3) is 1.45. The number of fused-ring (bicyclic) bond motifs is 2. The maximum Gasteiger partial charge on any atom is 0.417 e. The van der Waals surface area contributed by atoms with E-state index in [1.54, 1.807) is 23.7 Å². The lowest BCUT2D eigenvalue weighted by Crippen LogP contribution is -1.93. The molecule has 20 heavy (non-hydrogen) atoms. The molecule has 0 spiro atoms. The number of aromatic nitrogens is 4. The van der Waals surface area contributed by atoms with Gasteiger partial charge < -0.3 is 4.42 Å². The van der Waals surface area contributed by atoms with Gasteiger partial charge in [0.15, 0.2) is 11.9 Å². The van der Waals surface area contributed by atoms with Crippen molar-refractivity contribution in [3.8, 4) is 11.3 Å². The van der Waals surface area contributed by atoms with Crippen LogP contribution in [0.3, 0.4) is 0 Å². The Kier molecular flexibility index (Phi) is 2.15. The lowest BCUT2D eigenvalue weighted by molar-refractivity contribution is 0.111. The molecule has 98 valence electrons. The number of aromatic amines is 1. The second-order valence-electron chi connectivity index (χ2n) is 4.12. The molecule has 1 N–H and O–H groups in total. The number of hydrogen-bond donors (Lipinski definition) is 1. The molecule has 7 nitrogen and oxygen atoms in total. The SMILES string of the molecule is O=Cc1c(-c2ccc3[nH]c(=O)oc3c2)nc2scnn12. The molecule has 0 aliphatic rings. The molecule has 3 heterocycles. The molecule has 0 amide bonds. The maximum absolute atomic E-state index is 11.3. The van der Waals surface area contributed by atoms with Crippen LogP contribution in [-0.2, 0) is 0 Å². The first-order chi connectivity index (χ1) is 9.76. The van der Waals surface area contributed by atoms with Crippen molar-refractivity contribution < 1.29 is 9.21 Å². The largest absolute Gasteiger partial charge is 0.417 e. The molecule has 8 heteroatoms. The first-order valence-corrected chi connectivity index (χ1v) is 6.55. The molecular weight excluding hydrogens is 280 g/mol. The number of nitrogens with one attached hydrogen (secondary N) is 1. The van der Waals surface area contributed by atoms with Crippen LogP contribution in [0.1, 0.15) is 10.5 Å². The Morgan fingerprint density at radius 3 is 3.15 bits per heavy atom. The van der Waals surface area contributed by atoms with Gasteiger partial charge in [0.25, 0.3) is 0 Å². The highest BCUT2D eigenvalue weighted by Gasteiger charge is 2.16. The molecule has 0 aliphatic heterocycles. The number of aldehydes is 1. The summed E-state index contributed by atoms with van der Waals surface area (Å²) in [6.45, 7) is 0. The Balaban J connectivity index is 2.01. The Labute approximate surface area is 114 Å². The first kappa shape index (κ1) is 11.1. The maximum atomic E-state index is 11.3. The summed E-state index contributed by atoms with van der Waals surface area (Å²) in [6, 6.07) is 5.16. The second kappa shape index (κ2) is 3.87. The van der Waals surface area contributed by atoms with Crippen LogP contribution >= 0.6 is 11.3 Å². The fraction of sp³-hybridized carbons (Fsp3) is 0. The fourth-order valence-electron chi connectivity index (χ4n) is 2.12. The van der Waals surface area contributed by atoms with Gasteiger partial charge in [-0.05, 0) is 12.1 Å². The van der Waals surface area contributed by atoms with E-state index in [1.807, 2.05) is 0 Å². The van der Waals surface area contributed by atoms with E-state index in [9.17, 15) is 9.59 Å². The minimum Gasteiger partial charge on any atom is -0.408 e. The minimum atomic E-state index is -0.514. The predicted molar refractivity (Wildman–Crippen MR) is 72.1 cm³/mol. The Morgan fingerprint density at radius 1 is 1.40 bits per heavy atom. The van der Waals surface area contributed by atoms with Crippen molar-refractivity contribution in [3.05, 3.63) is 40.0 Å². The Hall–Kier alpha value is -2.74. The number of carbonyl (C=O) groups is 1. The predicted octanol–water partition coefficient (Wildman–Crippen LogP) is 1.70. The summed E-state index contributed by atoms with van der Waals surface area (Å²) in [6.07, 6.45) is 0.715. The van der Waals surface area contributed by atoms with Crippen molar-refractivity contribution in [2.75, 3.05) is 0 Å². The Bertz CT molecular complexity index is 1010. The topological polar surface area (TPSA) is 93.3 Å². The molecule has 3 aromatic heterocycles. The lowest BCUT2D eigenvalue weighted by atomic mass is 10.1. The number of imidazole rings is 1. The van der Waals surface area contributed by atoms with Crippen LogP contribution in [0.25, 0.3) is 27.3 Å². The minimum absolute atomic E-state index is 0.374. The normalized spacial score (nSPS) is 11.4. The molecule has 0 saturated carbocycles. The van der Waals surface area contributed by atoms with Crippen LogP contribution in [0.15, 0.2) is 32.9 Å². The third-order valence-corrected chi connectivity index (χ3v) is 3.66. The van der Waals surface area contributed by atoms with E-state index in [-0.39, 0.29) is 0 Å². The summed E-state index contributed by atoms with van der Waals surface area (Å²) in [5, 5.41) is 4.06. The van der Waals surface area contributed by atoms with Gasteiger partial charge in [-0.2, -0.15) is 9.61 Å². The molecule has 1 aromatic carbocycles. The number of rotatable bonds is 2. The van der Waals surface area contributed by atoms with Gasteiger partial charge in [-0.3, -0.25) is 9.78 Å². The molecular formula is C12H6N4O3S. The lowest BCUT2D eigenvalue weighted by Gasteiger charge is -1.97. The van der Waals surface area contributed by atoms with Crippen molar-refractivity contribution in [1.29, 1.82) is 0 Å². The van der Waals surface area contributed by atoms with E-state index in [4.69, 9.17) is 4.42 Å². The van der Waals surface area contributed by atoms with Crippen molar-refractivity contribution in [2.24, 2.45) is 0 Å². The summed E-state index contributed by atoms with van der Waals surface area (Å²) < 4.78 is 6.50. The number of H-pyrrole nitrogens is 1. The summed E-state index contributed by atoms with van der Waals surface area (Å²) in [7, 11) is 0. The van der Waals surface area contributed by atoms with Crippen LogP contribution in [0.2, 0.25) is 0 Å². The first-order valence-electron chi connectivity index (χ1n) is 5.67. The zero-order valence-corrected chi connectivity index (χ0v) is 10.7. The highest BCUT2D eigenvalue weighted by molar-refractivity contribution is 7.14. The number of carbonyl (C=O) groups excluding carboxylic acids is 1. The molecule has 4 aromatic rings. The second-order valence-corrected chi connectivity index (χ2v) is 4.93. The van der Waals surface area contributed by atoms with Gasteiger partial charge >= 0.3 is 5.76 Å². The molecule has 0 fully saturated rings. The standard InChI is InChI=1S/C12H6N4O3S/c17-4-8-10(15-11-16(8)13-5-20-11)6-1-2-7-9(3-6)19-12(18)14-7/h1-5H,(H,14,18). The van der Waals surface area contributed by atoms with E-state index in [2.05, 4.69) is 15.1 Å². The molecule has 0 radical (unpaired) electrons. The average Bonchev–Trinajstić information content (AvgIpc) is 3.08. The molecule has 0 bridgehead atoms. The van der Waals surface area contributed by atoms with Gasteiger partial charge in [-0.1, -0.05) is 17.4 Å².